The first-order valence-electron chi connectivity index (χ1n) is 11.1. The normalized spacial score (nSPS) is 27.9. The SMILES string of the molecule is CN[C@@H]1OC1C1C=Cc2cc(-c3nn(C4CCCCC4)c4c3=C(N)NCN=4)[nH]c2C1. The standard InChI is InChI=1S/C22H29N7O/c1-24-22-19(30-22)13-8-7-12-9-16(27-15(12)10-13)18-17-20(23)25-11-26-21(17)29(28-18)14-5-3-2-4-6-14/h7-9,13-14,19,22,24-25,27H,2-6,10-11,23H2,1H3/t13?,19?,22-/m1/s1. The highest BCUT2D eigenvalue weighted by Crippen LogP contribution is 2.35. The maximum atomic E-state index is 6.39. The lowest BCUT2D eigenvalue weighted by molar-refractivity contribution is 0.320. The maximum Gasteiger partial charge on any atom is 0.159 e. The van der Waals surface area contributed by atoms with Gasteiger partial charge in [-0.05, 0) is 37.9 Å². The summed E-state index contributed by atoms with van der Waals surface area (Å²) in [5.41, 5.74) is 11.7. The number of likely N-dealkylation sites (N-methyl/N-ethyl adjacent to an activating group) is 1. The molecule has 2 aliphatic heterocycles. The minimum Gasteiger partial charge on any atom is -0.385 e. The van der Waals surface area contributed by atoms with E-state index in [0.29, 0.717) is 24.4 Å². The van der Waals surface area contributed by atoms with E-state index < -0.39 is 0 Å². The number of H-pyrrole nitrogens is 1. The first-order chi connectivity index (χ1) is 14.7. The summed E-state index contributed by atoms with van der Waals surface area (Å²) >= 11 is 0. The number of hydrogen-bond donors (Lipinski definition) is 4. The largest absolute Gasteiger partial charge is 0.385 e. The van der Waals surface area contributed by atoms with E-state index in [9.17, 15) is 0 Å². The van der Waals surface area contributed by atoms with Crippen LogP contribution in [0.3, 0.4) is 0 Å². The van der Waals surface area contributed by atoms with E-state index in [-0.39, 0.29) is 12.3 Å². The van der Waals surface area contributed by atoms with Gasteiger partial charge in [0, 0.05) is 11.6 Å². The zero-order valence-corrected chi connectivity index (χ0v) is 17.3. The van der Waals surface area contributed by atoms with Crippen LogP contribution in [0, 0.1) is 5.92 Å². The van der Waals surface area contributed by atoms with Crippen molar-refractivity contribution in [2.24, 2.45) is 16.6 Å². The summed E-state index contributed by atoms with van der Waals surface area (Å²) in [6.07, 6.45) is 12.0. The van der Waals surface area contributed by atoms with Crippen molar-refractivity contribution in [3.05, 3.63) is 34.1 Å². The van der Waals surface area contributed by atoms with Crippen molar-refractivity contribution in [2.75, 3.05) is 13.7 Å². The third-order valence-corrected chi connectivity index (χ3v) is 6.96. The molecule has 8 nitrogen and oxygen atoms in total. The zero-order chi connectivity index (χ0) is 20.2. The van der Waals surface area contributed by atoms with Crippen LogP contribution in [0.15, 0.2) is 17.1 Å². The minimum atomic E-state index is 0.177. The zero-order valence-electron chi connectivity index (χ0n) is 17.3. The molecular weight excluding hydrogens is 378 g/mol. The van der Waals surface area contributed by atoms with Crippen LogP contribution in [-0.4, -0.2) is 40.8 Å². The van der Waals surface area contributed by atoms with Crippen LogP contribution in [0.1, 0.15) is 49.4 Å². The molecule has 4 heterocycles. The molecule has 0 bridgehead atoms. The molecular formula is C22H29N7O. The highest BCUT2D eigenvalue weighted by molar-refractivity contribution is 5.67. The van der Waals surface area contributed by atoms with Gasteiger partial charge in [-0.25, -0.2) is 9.67 Å². The van der Waals surface area contributed by atoms with Crippen molar-refractivity contribution in [3.8, 4) is 11.4 Å². The molecule has 0 aromatic carbocycles. The lowest BCUT2D eigenvalue weighted by atomic mass is 9.92. The van der Waals surface area contributed by atoms with Gasteiger partial charge in [-0.2, -0.15) is 5.10 Å². The van der Waals surface area contributed by atoms with Crippen LogP contribution in [0.25, 0.3) is 23.3 Å². The number of epoxide rings is 1. The second-order valence-electron chi connectivity index (χ2n) is 8.84. The van der Waals surface area contributed by atoms with Gasteiger partial charge in [0.15, 0.2) is 5.49 Å². The van der Waals surface area contributed by atoms with Crippen molar-refractivity contribution >= 4 is 11.9 Å². The first-order valence-corrected chi connectivity index (χ1v) is 11.1. The Morgan fingerprint density at radius 3 is 2.93 bits per heavy atom. The van der Waals surface area contributed by atoms with E-state index in [1.165, 1.54) is 30.5 Å². The number of rotatable bonds is 4. The van der Waals surface area contributed by atoms with Gasteiger partial charge in [0.05, 0.1) is 17.0 Å². The molecule has 158 valence electrons. The van der Waals surface area contributed by atoms with Gasteiger partial charge in [-0.3, -0.25) is 5.32 Å². The van der Waals surface area contributed by atoms with E-state index >= 15 is 0 Å². The molecule has 8 heteroatoms. The Morgan fingerprint density at radius 2 is 2.13 bits per heavy atom. The second kappa shape index (κ2) is 6.99. The van der Waals surface area contributed by atoms with Gasteiger partial charge in [-0.1, -0.05) is 31.4 Å². The maximum absolute atomic E-state index is 6.39. The van der Waals surface area contributed by atoms with Gasteiger partial charge < -0.3 is 20.8 Å². The van der Waals surface area contributed by atoms with Gasteiger partial charge in [0.25, 0.3) is 0 Å². The molecule has 2 aliphatic carbocycles. The Labute approximate surface area is 175 Å². The van der Waals surface area contributed by atoms with Gasteiger partial charge >= 0.3 is 0 Å². The molecule has 0 radical (unpaired) electrons. The molecule has 1 saturated heterocycles. The molecule has 6 rings (SSSR count). The third-order valence-electron chi connectivity index (χ3n) is 6.96. The predicted molar refractivity (Wildman–Crippen MR) is 114 cm³/mol. The second-order valence-corrected chi connectivity index (χ2v) is 8.84. The smallest absolute Gasteiger partial charge is 0.159 e. The molecule has 2 aromatic rings. The average molecular weight is 408 g/mol. The number of hydrogen-bond acceptors (Lipinski definition) is 6. The van der Waals surface area contributed by atoms with Crippen molar-refractivity contribution < 1.29 is 4.74 Å². The number of aromatic amines is 1. The molecule has 0 spiro atoms. The summed E-state index contributed by atoms with van der Waals surface area (Å²) in [6, 6.07) is 2.61. The quantitative estimate of drug-likeness (QED) is 0.559. The highest BCUT2D eigenvalue weighted by Gasteiger charge is 2.43. The van der Waals surface area contributed by atoms with E-state index in [1.54, 1.807) is 0 Å². The Hall–Kier alpha value is -2.58. The fourth-order valence-electron chi connectivity index (χ4n) is 5.28. The summed E-state index contributed by atoms with van der Waals surface area (Å²) in [7, 11) is 1.95. The number of nitrogens with zero attached hydrogens (tertiary/aromatic N) is 3. The van der Waals surface area contributed by atoms with Crippen LogP contribution in [0.2, 0.25) is 0 Å². The average Bonchev–Trinajstić information content (AvgIpc) is 3.28. The van der Waals surface area contributed by atoms with Crippen LogP contribution < -0.4 is 27.1 Å². The summed E-state index contributed by atoms with van der Waals surface area (Å²) in [5.74, 6) is 1.06. The predicted octanol–water partition coefficient (Wildman–Crippen LogP) is 0.718. The molecule has 2 aromatic heterocycles. The first kappa shape index (κ1) is 18.2. The molecule has 2 fully saturated rings. The van der Waals surface area contributed by atoms with Gasteiger partial charge in [-0.15, -0.1) is 0 Å². The number of ether oxygens (including phenoxy) is 1. The molecule has 2 unspecified atom stereocenters. The van der Waals surface area contributed by atoms with Crippen molar-refractivity contribution in [1.29, 1.82) is 0 Å². The Bertz CT molecular complexity index is 1120. The van der Waals surface area contributed by atoms with Gasteiger partial charge in [0.1, 0.15) is 30.5 Å². The van der Waals surface area contributed by atoms with Crippen LogP contribution in [0.4, 0.5) is 0 Å². The topological polar surface area (TPSA) is 109 Å². The molecule has 5 N–H and O–H groups in total. The van der Waals surface area contributed by atoms with Gasteiger partial charge in [0.2, 0.25) is 0 Å². The molecule has 1 saturated carbocycles. The summed E-state index contributed by atoms with van der Waals surface area (Å²) in [6.45, 7) is 0.510. The fourth-order valence-corrected chi connectivity index (χ4v) is 5.28. The Morgan fingerprint density at radius 1 is 1.27 bits per heavy atom. The Balaban J connectivity index is 1.39. The Kier molecular flexibility index (Phi) is 4.24. The fraction of sp³-hybridized carbons (Fsp3) is 0.545. The van der Waals surface area contributed by atoms with Crippen LogP contribution in [-0.2, 0) is 11.2 Å². The van der Waals surface area contributed by atoms with E-state index in [2.05, 4.69) is 38.5 Å². The summed E-state index contributed by atoms with van der Waals surface area (Å²) in [5, 5.41) is 12.4. The highest BCUT2D eigenvalue weighted by atomic mass is 16.6. The molecule has 0 amide bonds. The lowest BCUT2D eigenvalue weighted by Gasteiger charge is -2.22. The van der Waals surface area contributed by atoms with Crippen LogP contribution in [0.5, 0.6) is 0 Å². The third kappa shape index (κ3) is 2.89. The van der Waals surface area contributed by atoms with Crippen molar-refractivity contribution in [3.63, 3.8) is 0 Å². The summed E-state index contributed by atoms with van der Waals surface area (Å²) in [4.78, 5) is 8.39. The number of fused-ring (bicyclic) bond motifs is 2. The molecule has 4 aliphatic rings. The summed E-state index contributed by atoms with van der Waals surface area (Å²) < 4.78 is 7.88. The molecule has 3 atom stereocenters. The molecule has 30 heavy (non-hydrogen) atoms. The minimum absolute atomic E-state index is 0.177. The van der Waals surface area contributed by atoms with E-state index in [1.807, 2.05) is 7.05 Å². The number of aromatic nitrogens is 3. The van der Waals surface area contributed by atoms with Crippen molar-refractivity contribution in [2.45, 2.75) is 56.9 Å². The lowest BCUT2D eigenvalue weighted by Crippen LogP contribution is -2.44. The van der Waals surface area contributed by atoms with Crippen LogP contribution >= 0.6 is 0 Å². The van der Waals surface area contributed by atoms with E-state index in [0.717, 1.165) is 41.4 Å². The number of nitrogens with two attached hydrogens (primary N) is 1. The van der Waals surface area contributed by atoms with Crippen molar-refractivity contribution in [1.82, 2.24) is 25.4 Å². The van der Waals surface area contributed by atoms with E-state index in [4.69, 9.17) is 20.6 Å². The monoisotopic (exact) mass is 407 g/mol. The number of nitrogens with one attached hydrogen (secondary N) is 3.